The molecule has 5 heteroatoms. The summed E-state index contributed by atoms with van der Waals surface area (Å²) in [6.45, 7) is 3.07. The number of hydrogen-bond acceptors (Lipinski definition) is 5. The zero-order valence-corrected chi connectivity index (χ0v) is 17.9. The molecule has 3 rings (SSSR count). The van der Waals surface area contributed by atoms with Crippen LogP contribution in [0.3, 0.4) is 0 Å². The average Bonchev–Trinajstić information content (AvgIpc) is 2.75. The third-order valence-corrected chi connectivity index (χ3v) is 4.80. The molecule has 0 heterocycles. The summed E-state index contributed by atoms with van der Waals surface area (Å²) in [7, 11) is 0. The van der Waals surface area contributed by atoms with E-state index >= 15 is 0 Å². The summed E-state index contributed by atoms with van der Waals surface area (Å²) in [6, 6.07) is 14.7. The highest BCUT2D eigenvalue weighted by atomic mass is 16.5. The van der Waals surface area contributed by atoms with Crippen LogP contribution >= 0.6 is 0 Å². The van der Waals surface area contributed by atoms with Crippen LogP contribution in [0.1, 0.15) is 44.2 Å². The fraction of sp³-hybridized carbons (Fsp3) is 0.269. The number of rotatable bonds is 8. The molecule has 0 amide bonds. The fourth-order valence-corrected chi connectivity index (χ4v) is 3.27. The van der Waals surface area contributed by atoms with Crippen LogP contribution in [0.25, 0.3) is 12.2 Å². The molecule has 0 saturated heterocycles. The topological polar surface area (TPSA) is 69.7 Å². The quantitative estimate of drug-likeness (QED) is 0.574. The zero-order valence-electron chi connectivity index (χ0n) is 17.9. The highest BCUT2D eigenvalue weighted by Gasteiger charge is 2.20. The lowest BCUT2D eigenvalue weighted by molar-refractivity contribution is -0.119. The number of hydrogen-bond donors (Lipinski definition) is 0. The van der Waals surface area contributed by atoms with E-state index in [0.717, 1.165) is 41.5 Å². The molecule has 2 aromatic rings. The van der Waals surface area contributed by atoms with Crippen molar-refractivity contribution in [3.8, 4) is 11.5 Å². The minimum atomic E-state index is -0.0310. The molecule has 0 spiro atoms. The van der Waals surface area contributed by atoms with Gasteiger partial charge in [-0.3, -0.25) is 14.4 Å². The van der Waals surface area contributed by atoms with E-state index in [4.69, 9.17) is 9.47 Å². The van der Waals surface area contributed by atoms with Crippen molar-refractivity contribution in [3.63, 3.8) is 0 Å². The molecule has 0 aromatic heterocycles. The molecular weight excluding hydrogens is 392 g/mol. The number of benzene rings is 2. The van der Waals surface area contributed by atoms with Gasteiger partial charge in [-0.25, -0.2) is 0 Å². The number of carbonyl (C=O) groups is 3. The Morgan fingerprint density at radius 1 is 0.742 bits per heavy atom. The molecule has 0 radical (unpaired) electrons. The maximum Gasteiger partial charge on any atom is 0.185 e. The van der Waals surface area contributed by atoms with E-state index in [2.05, 4.69) is 0 Å². The van der Waals surface area contributed by atoms with Crippen molar-refractivity contribution in [2.45, 2.75) is 33.1 Å². The Morgan fingerprint density at radius 3 is 1.48 bits per heavy atom. The normalized spacial score (nSPS) is 16.4. The number of ketones is 3. The van der Waals surface area contributed by atoms with E-state index < -0.39 is 0 Å². The van der Waals surface area contributed by atoms with Gasteiger partial charge in [0.1, 0.15) is 24.7 Å². The van der Waals surface area contributed by atoms with Crippen LogP contribution in [0.4, 0.5) is 0 Å². The molecule has 160 valence electrons. The van der Waals surface area contributed by atoms with Crippen molar-refractivity contribution < 1.29 is 23.9 Å². The van der Waals surface area contributed by atoms with Crippen LogP contribution in [0.5, 0.6) is 11.5 Å². The van der Waals surface area contributed by atoms with Gasteiger partial charge in [0.2, 0.25) is 0 Å². The van der Waals surface area contributed by atoms with E-state index in [1.807, 2.05) is 36.4 Å². The van der Waals surface area contributed by atoms with Gasteiger partial charge >= 0.3 is 0 Å². The first-order chi connectivity index (χ1) is 14.9. The molecule has 1 aliphatic carbocycles. The molecule has 1 fully saturated rings. The highest BCUT2D eigenvalue weighted by molar-refractivity contribution is 6.13. The Hall–Kier alpha value is -3.47. The van der Waals surface area contributed by atoms with Crippen LogP contribution in [0.2, 0.25) is 0 Å². The van der Waals surface area contributed by atoms with Gasteiger partial charge in [0.15, 0.2) is 17.3 Å². The summed E-state index contributed by atoms with van der Waals surface area (Å²) < 4.78 is 10.8. The molecule has 1 saturated carbocycles. The molecule has 0 atom stereocenters. The highest BCUT2D eigenvalue weighted by Crippen LogP contribution is 2.28. The Bertz CT molecular complexity index is 929. The molecule has 2 aromatic carbocycles. The number of Topliss-reactive ketones (excluding diaryl/α,β-unsaturated/α-hetero) is 3. The van der Waals surface area contributed by atoms with Gasteiger partial charge in [0.05, 0.1) is 0 Å². The van der Waals surface area contributed by atoms with Crippen LogP contribution in [-0.4, -0.2) is 30.6 Å². The first-order valence-electron chi connectivity index (χ1n) is 10.3. The van der Waals surface area contributed by atoms with Crippen LogP contribution in [-0.2, 0) is 14.4 Å². The second-order valence-corrected chi connectivity index (χ2v) is 7.64. The third-order valence-electron chi connectivity index (χ3n) is 4.80. The van der Waals surface area contributed by atoms with Crippen molar-refractivity contribution in [1.82, 2.24) is 0 Å². The summed E-state index contributed by atoms with van der Waals surface area (Å²) in [4.78, 5) is 35.0. The summed E-state index contributed by atoms with van der Waals surface area (Å²) in [5.74, 6) is 1.26. The molecule has 5 nitrogen and oxygen atoms in total. The first kappa shape index (κ1) is 22.2. The summed E-state index contributed by atoms with van der Waals surface area (Å²) >= 11 is 0. The van der Waals surface area contributed by atoms with Crippen LogP contribution < -0.4 is 9.47 Å². The van der Waals surface area contributed by atoms with Crippen LogP contribution in [0.15, 0.2) is 59.7 Å². The summed E-state index contributed by atoms with van der Waals surface area (Å²) in [6.07, 6.45) is 6.25. The Balaban J connectivity index is 1.69. The Labute approximate surface area is 182 Å². The van der Waals surface area contributed by atoms with Crippen molar-refractivity contribution in [1.29, 1.82) is 0 Å². The third kappa shape index (κ3) is 6.78. The van der Waals surface area contributed by atoms with Crippen molar-refractivity contribution in [2.75, 3.05) is 13.2 Å². The van der Waals surface area contributed by atoms with Crippen LogP contribution in [0, 0.1) is 0 Å². The molecule has 0 unspecified atom stereocenters. The van der Waals surface area contributed by atoms with Crippen molar-refractivity contribution in [3.05, 3.63) is 70.8 Å². The van der Waals surface area contributed by atoms with Gasteiger partial charge in [-0.1, -0.05) is 24.3 Å². The number of ether oxygens (including phenoxy) is 2. The largest absolute Gasteiger partial charge is 0.486 e. The van der Waals surface area contributed by atoms with Gasteiger partial charge in [-0.2, -0.15) is 0 Å². The van der Waals surface area contributed by atoms with E-state index in [1.54, 1.807) is 24.3 Å². The minimum Gasteiger partial charge on any atom is -0.486 e. The fourth-order valence-electron chi connectivity index (χ4n) is 3.27. The monoisotopic (exact) mass is 418 g/mol. The minimum absolute atomic E-state index is 0.0310. The predicted octanol–water partition coefficient (Wildman–Crippen LogP) is 4.84. The summed E-state index contributed by atoms with van der Waals surface area (Å²) in [5.41, 5.74) is 3.42. The van der Waals surface area contributed by atoms with Gasteiger partial charge in [0.25, 0.3) is 0 Å². The second-order valence-electron chi connectivity index (χ2n) is 7.64. The molecule has 0 bridgehead atoms. The molecule has 0 aliphatic heterocycles. The van der Waals surface area contributed by atoms with Gasteiger partial charge in [0, 0.05) is 11.1 Å². The Kier molecular flexibility index (Phi) is 7.55. The lowest BCUT2D eigenvalue weighted by Crippen LogP contribution is -2.12. The average molecular weight is 418 g/mol. The van der Waals surface area contributed by atoms with E-state index in [1.165, 1.54) is 13.8 Å². The zero-order chi connectivity index (χ0) is 22.2. The van der Waals surface area contributed by atoms with E-state index in [-0.39, 0.29) is 30.6 Å². The molecule has 31 heavy (non-hydrogen) atoms. The smallest absolute Gasteiger partial charge is 0.185 e. The van der Waals surface area contributed by atoms with Crippen molar-refractivity contribution in [2.24, 2.45) is 0 Å². The predicted molar refractivity (Wildman–Crippen MR) is 120 cm³/mol. The maximum absolute atomic E-state index is 13.0. The molecular formula is C26H26O5. The number of allylic oxidation sites excluding steroid dienone is 2. The maximum atomic E-state index is 13.0. The lowest BCUT2D eigenvalue weighted by Gasteiger charge is -2.17. The first-order valence-corrected chi connectivity index (χ1v) is 10.3. The van der Waals surface area contributed by atoms with Crippen molar-refractivity contribution >= 4 is 29.5 Å². The summed E-state index contributed by atoms with van der Waals surface area (Å²) in [5, 5.41) is 0. The number of carbonyl (C=O) groups excluding carboxylic acids is 3. The van der Waals surface area contributed by atoms with Gasteiger partial charge < -0.3 is 9.47 Å². The standard InChI is InChI=1S/C26H26O5/c1-18(27)16-30-24-10-6-20(7-11-24)14-22-4-3-5-23(26(22)29)15-21-8-12-25(13-9-21)31-17-19(2)28/h6-15H,3-5,16-17H2,1-2H3/b22-14+,23-15+. The SMILES string of the molecule is CC(=O)COc1ccc(/C=C2\CCC/C(=C\c3ccc(OCC(C)=O)cc3)C2=O)cc1. The van der Waals surface area contributed by atoms with E-state index in [0.29, 0.717) is 11.5 Å². The Morgan fingerprint density at radius 2 is 1.13 bits per heavy atom. The second kappa shape index (κ2) is 10.5. The molecule has 1 aliphatic rings. The van der Waals surface area contributed by atoms with Gasteiger partial charge in [-0.05, 0) is 80.7 Å². The van der Waals surface area contributed by atoms with Gasteiger partial charge in [-0.15, -0.1) is 0 Å². The van der Waals surface area contributed by atoms with E-state index in [9.17, 15) is 14.4 Å². The molecule has 0 N–H and O–H groups in total. The lowest BCUT2D eigenvalue weighted by atomic mass is 9.87.